The summed E-state index contributed by atoms with van der Waals surface area (Å²) in [5.74, 6) is 0. The predicted molar refractivity (Wildman–Crippen MR) is 59.7 cm³/mol. The molecular formula is C10H23O3P. The van der Waals surface area contributed by atoms with Crippen molar-refractivity contribution >= 4 is 7.60 Å². The van der Waals surface area contributed by atoms with E-state index in [4.69, 9.17) is 4.52 Å². The van der Waals surface area contributed by atoms with Gasteiger partial charge in [0.1, 0.15) is 0 Å². The standard InChI is InChI=1S/C10H23O3P/c1-4-7-10(8-5-2)14(11,12)13-9-6-3/h10H,4-9H2,1-3H3,(H,11,12). The van der Waals surface area contributed by atoms with Crippen molar-refractivity contribution < 1.29 is 14.0 Å². The molecule has 0 spiro atoms. The second-order valence-electron chi connectivity index (χ2n) is 3.63. The molecule has 0 heterocycles. The second kappa shape index (κ2) is 7.44. The van der Waals surface area contributed by atoms with E-state index < -0.39 is 7.60 Å². The van der Waals surface area contributed by atoms with Gasteiger partial charge >= 0.3 is 7.60 Å². The fourth-order valence-electron chi connectivity index (χ4n) is 1.46. The number of hydrogen-bond donors (Lipinski definition) is 1. The van der Waals surface area contributed by atoms with Crippen LogP contribution in [0.4, 0.5) is 0 Å². The highest BCUT2D eigenvalue weighted by Gasteiger charge is 2.30. The molecule has 0 aliphatic heterocycles. The molecule has 4 heteroatoms. The van der Waals surface area contributed by atoms with E-state index in [9.17, 15) is 9.46 Å². The van der Waals surface area contributed by atoms with Gasteiger partial charge in [-0.05, 0) is 19.3 Å². The molecule has 0 aliphatic rings. The molecule has 0 saturated heterocycles. The van der Waals surface area contributed by atoms with E-state index in [1.807, 2.05) is 20.8 Å². The van der Waals surface area contributed by atoms with Crippen LogP contribution in [0.5, 0.6) is 0 Å². The minimum atomic E-state index is -3.35. The minimum absolute atomic E-state index is 0.163. The van der Waals surface area contributed by atoms with Crippen LogP contribution in [-0.4, -0.2) is 17.2 Å². The molecule has 1 atom stereocenters. The van der Waals surface area contributed by atoms with Crippen LogP contribution in [0.25, 0.3) is 0 Å². The lowest BCUT2D eigenvalue weighted by atomic mass is 10.2. The van der Waals surface area contributed by atoms with Crippen LogP contribution in [0.2, 0.25) is 0 Å². The summed E-state index contributed by atoms with van der Waals surface area (Å²) in [4.78, 5) is 9.70. The first-order valence-corrected chi connectivity index (χ1v) is 7.20. The lowest BCUT2D eigenvalue weighted by molar-refractivity contribution is 0.247. The van der Waals surface area contributed by atoms with Crippen molar-refractivity contribution in [2.45, 2.75) is 58.5 Å². The molecular weight excluding hydrogens is 199 g/mol. The molecule has 0 amide bonds. The molecule has 0 bridgehead atoms. The van der Waals surface area contributed by atoms with E-state index in [0.717, 1.165) is 32.1 Å². The van der Waals surface area contributed by atoms with E-state index in [1.54, 1.807) is 0 Å². The van der Waals surface area contributed by atoms with Gasteiger partial charge in [-0.25, -0.2) is 0 Å². The van der Waals surface area contributed by atoms with E-state index >= 15 is 0 Å². The molecule has 14 heavy (non-hydrogen) atoms. The Hall–Kier alpha value is 0.150. The van der Waals surface area contributed by atoms with E-state index in [2.05, 4.69) is 0 Å². The Morgan fingerprint density at radius 1 is 1.14 bits per heavy atom. The summed E-state index contributed by atoms with van der Waals surface area (Å²) in [6.07, 6.45) is 4.22. The maximum absolute atomic E-state index is 11.8. The number of hydrogen-bond acceptors (Lipinski definition) is 2. The summed E-state index contributed by atoms with van der Waals surface area (Å²) >= 11 is 0. The van der Waals surface area contributed by atoms with E-state index in [1.165, 1.54) is 0 Å². The highest BCUT2D eigenvalue weighted by molar-refractivity contribution is 7.53. The highest BCUT2D eigenvalue weighted by Crippen LogP contribution is 2.51. The van der Waals surface area contributed by atoms with Gasteiger partial charge in [-0.3, -0.25) is 4.57 Å². The summed E-state index contributed by atoms with van der Waals surface area (Å²) < 4.78 is 16.8. The van der Waals surface area contributed by atoms with Gasteiger partial charge in [0.25, 0.3) is 0 Å². The fourth-order valence-corrected chi connectivity index (χ4v) is 3.29. The van der Waals surface area contributed by atoms with Crippen molar-refractivity contribution in [3.8, 4) is 0 Å². The summed E-state index contributed by atoms with van der Waals surface area (Å²) in [5.41, 5.74) is -0.163. The smallest absolute Gasteiger partial charge is 0.324 e. The minimum Gasteiger partial charge on any atom is -0.324 e. The third-order valence-electron chi connectivity index (χ3n) is 2.19. The van der Waals surface area contributed by atoms with E-state index in [-0.39, 0.29) is 5.66 Å². The van der Waals surface area contributed by atoms with Crippen LogP contribution in [0.15, 0.2) is 0 Å². The lowest BCUT2D eigenvalue weighted by Crippen LogP contribution is -2.10. The normalized spacial score (nSPS) is 15.8. The lowest BCUT2D eigenvalue weighted by Gasteiger charge is -2.21. The maximum Gasteiger partial charge on any atom is 0.331 e. The molecule has 1 N–H and O–H groups in total. The summed E-state index contributed by atoms with van der Waals surface area (Å²) in [6, 6.07) is 0. The summed E-state index contributed by atoms with van der Waals surface area (Å²) in [6.45, 7) is 6.39. The molecule has 0 aliphatic carbocycles. The molecule has 0 saturated carbocycles. The summed E-state index contributed by atoms with van der Waals surface area (Å²) in [5, 5.41) is 0. The average molecular weight is 222 g/mol. The Balaban J connectivity index is 4.21. The molecule has 0 aromatic heterocycles. The molecule has 86 valence electrons. The largest absolute Gasteiger partial charge is 0.331 e. The predicted octanol–water partition coefficient (Wildman–Crippen LogP) is 3.57. The van der Waals surface area contributed by atoms with Gasteiger partial charge in [-0.15, -0.1) is 0 Å². The van der Waals surface area contributed by atoms with Crippen LogP contribution in [0.1, 0.15) is 52.9 Å². The van der Waals surface area contributed by atoms with Gasteiger partial charge < -0.3 is 9.42 Å². The van der Waals surface area contributed by atoms with Crippen molar-refractivity contribution in [2.75, 3.05) is 6.61 Å². The maximum atomic E-state index is 11.8. The topological polar surface area (TPSA) is 46.5 Å². The van der Waals surface area contributed by atoms with Crippen LogP contribution >= 0.6 is 7.60 Å². The van der Waals surface area contributed by atoms with Crippen LogP contribution in [-0.2, 0) is 9.09 Å². The zero-order chi connectivity index (χ0) is 11.0. The van der Waals surface area contributed by atoms with Crippen LogP contribution in [0, 0.1) is 0 Å². The molecule has 0 aromatic carbocycles. The Kier molecular flexibility index (Phi) is 7.52. The Morgan fingerprint density at radius 2 is 1.64 bits per heavy atom. The second-order valence-corrected chi connectivity index (χ2v) is 5.75. The van der Waals surface area contributed by atoms with Gasteiger partial charge in [0.05, 0.1) is 12.3 Å². The molecule has 0 radical (unpaired) electrons. The number of rotatable bonds is 8. The molecule has 1 unspecified atom stereocenters. The Labute approximate surface area is 87.4 Å². The van der Waals surface area contributed by atoms with Gasteiger partial charge in [0.15, 0.2) is 0 Å². The van der Waals surface area contributed by atoms with Crippen molar-refractivity contribution in [3.05, 3.63) is 0 Å². The first-order chi connectivity index (χ1) is 6.58. The molecule has 0 aromatic rings. The third kappa shape index (κ3) is 5.14. The third-order valence-corrected chi connectivity index (χ3v) is 4.18. The van der Waals surface area contributed by atoms with Crippen LogP contribution in [0.3, 0.4) is 0 Å². The zero-order valence-electron chi connectivity index (χ0n) is 9.53. The van der Waals surface area contributed by atoms with Crippen molar-refractivity contribution in [1.29, 1.82) is 0 Å². The first-order valence-electron chi connectivity index (χ1n) is 5.55. The van der Waals surface area contributed by atoms with Gasteiger partial charge in [0.2, 0.25) is 0 Å². The van der Waals surface area contributed by atoms with Gasteiger partial charge in [0, 0.05) is 0 Å². The fraction of sp³-hybridized carbons (Fsp3) is 1.00. The molecule has 0 fully saturated rings. The highest BCUT2D eigenvalue weighted by atomic mass is 31.2. The Bertz CT molecular complexity index is 176. The molecule has 3 nitrogen and oxygen atoms in total. The molecule has 0 rings (SSSR count). The van der Waals surface area contributed by atoms with Gasteiger partial charge in [-0.2, -0.15) is 0 Å². The van der Waals surface area contributed by atoms with Crippen LogP contribution < -0.4 is 0 Å². The quantitative estimate of drug-likeness (QED) is 0.638. The Morgan fingerprint density at radius 3 is 2.00 bits per heavy atom. The van der Waals surface area contributed by atoms with Crippen molar-refractivity contribution in [1.82, 2.24) is 0 Å². The van der Waals surface area contributed by atoms with Crippen molar-refractivity contribution in [3.63, 3.8) is 0 Å². The first kappa shape index (κ1) is 14.2. The summed E-state index contributed by atoms with van der Waals surface area (Å²) in [7, 11) is -3.35. The monoisotopic (exact) mass is 222 g/mol. The SMILES string of the molecule is CCCOP(=O)(O)C(CCC)CCC. The van der Waals surface area contributed by atoms with Gasteiger partial charge in [-0.1, -0.05) is 33.6 Å². The average Bonchev–Trinajstić information content (AvgIpc) is 2.14. The zero-order valence-corrected chi connectivity index (χ0v) is 10.4. The van der Waals surface area contributed by atoms with Crippen molar-refractivity contribution in [2.24, 2.45) is 0 Å². The van der Waals surface area contributed by atoms with E-state index in [0.29, 0.717) is 6.61 Å².